The summed E-state index contributed by atoms with van der Waals surface area (Å²) in [6.07, 6.45) is 0.972. The van der Waals surface area contributed by atoms with Crippen molar-refractivity contribution in [2.45, 2.75) is 6.92 Å². The summed E-state index contributed by atoms with van der Waals surface area (Å²) in [6, 6.07) is 5.50. The number of anilines is 1. The smallest absolute Gasteiger partial charge is 0.344 e. The van der Waals surface area contributed by atoms with E-state index < -0.39 is 17.5 Å². The fourth-order valence-corrected chi connectivity index (χ4v) is 1.80. The van der Waals surface area contributed by atoms with Crippen molar-refractivity contribution in [3.63, 3.8) is 0 Å². The van der Waals surface area contributed by atoms with Gasteiger partial charge in [-0.25, -0.2) is 9.59 Å². The molecule has 1 aromatic rings. The Hall–Kier alpha value is -1.57. The molecule has 0 unspecified atom stereocenters. The lowest BCUT2D eigenvalue weighted by Gasteiger charge is -2.06. The highest BCUT2D eigenvalue weighted by atomic mass is 127. The molecule has 0 saturated heterocycles. The largest absolute Gasteiger partial charge is 0.477 e. The first-order valence-electron chi connectivity index (χ1n) is 4.61. The normalized spacial score (nSPS) is 9.53. The first kappa shape index (κ1) is 13.5. The van der Waals surface area contributed by atoms with Crippen LogP contribution in [0.5, 0.6) is 0 Å². The highest BCUT2D eigenvalue weighted by molar-refractivity contribution is 14.1. The molecule has 1 rings (SSSR count). The lowest BCUT2D eigenvalue weighted by Crippen LogP contribution is -2.13. The Morgan fingerprint density at radius 1 is 1.29 bits per heavy atom. The van der Waals surface area contributed by atoms with Crippen molar-refractivity contribution in [3.8, 4) is 0 Å². The van der Waals surface area contributed by atoms with Crippen molar-refractivity contribution < 1.29 is 19.8 Å². The first-order chi connectivity index (χ1) is 7.91. The molecule has 0 spiro atoms. The predicted molar refractivity (Wildman–Crippen MR) is 70.9 cm³/mol. The van der Waals surface area contributed by atoms with Crippen LogP contribution < -0.4 is 5.32 Å². The molecular formula is C11H10INO4. The average Bonchev–Trinajstić information content (AvgIpc) is 2.20. The summed E-state index contributed by atoms with van der Waals surface area (Å²) in [6.45, 7) is 1.85. The topological polar surface area (TPSA) is 86.6 Å². The number of rotatable bonds is 4. The second kappa shape index (κ2) is 5.67. The Labute approximate surface area is 111 Å². The molecule has 90 valence electrons. The molecule has 0 amide bonds. The minimum absolute atomic E-state index is 0.672. The van der Waals surface area contributed by atoms with Crippen molar-refractivity contribution in [1.82, 2.24) is 0 Å². The zero-order valence-electron chi connectivity index (χ0n) is 8.90. The Morgan fingerprint density at radius 2 is 1.88 bits per heavy atom. The molecular weight excluding hydrogens is 337 g/mol. The molecule has 0 aliphatic carbocycles. The van der Waals surface area contributed by atoms with Gasteiger partial charge in [0.15, 0.2) is 5.57 Å². The number of benzene rings is 1. The Morgan fingerprint density at radius 3 is 2.35 bits per heavy atom. The number of hydrogen-bond donors (Lipinski definition) is 3. The van der Waals surface area contributed by atoms with Crippen molar-refractivity contribution in [1.29, 1.82) is 0 Å². The number of carboxylic acids is 2. The fraction of sp³-hybridized carbons (Fsp3) is 0.0909. The van der Waals surface area contributed by atoms with Gasteiger partial charge >= 0.3 is 11.9 Å². The van der Waals surface area contributed by atoms with Gasteiger partial charge in [-0.15, -0.1) is 0 Å². The van der Waals surface area contributed by atoms with Gasteiger partial charge in [-0.1, -0.05) is 0 Å². The van der Waals surface area contributed by atoms with Gasteiger partial charge < -0.3 is 15.5 Å². The summed E-state index contributed by atoms with van der Waals surface area (Å²) in [5.74, 6) is -2.96. The van der Waals surface area contributed by atoms with Crippen LogP contribution in [0.4, 0.5) is 5.69 Å². The van der Waals surface area contributed by atoms with Crippen molar-refractivity contribution in [2.75, 3.05) is 5.32 Å². The molecule has 17 heavy (non-hydrogen) atoms. The van der Waals surface area contributed by atoms with E-state index in [1.165, 1.54) is 0 Å². The van der Waals surface area contributed by atoms with Crippen LogP contribution in [0.15, 0.2) is 30.0 Å². The van der Waals surface area contributed by atoms with Gasteiger partial charge in [-0.2, -0.15) is 0 Å². The Bertz CT molecular complexity index is 480. The minimum atomic E-state index is -1.48. The van der Waals surface area contributed by atoms with E-state index in [1.54, 1.807) is 6.07 Å². The summed E-state index contributed by atoms with van der Waals surface area (Å²) < 4.78 is 1.05. The van der Waals surface area contributed by atoms with Crippen LogP contribution in [0.2, 0.25) is 0 Å². The maximum absolute atomic E-state index is 10.6. The van der Waals surface area contributed by atoms with Gasteiger partial charge in [0, 0.05) is 15.5 Å². The van der Waals surface area contributed by atoms with E-state index in [1.807, 2.05) is 19.1 Å². The lowest BCUT2D eigenvalue weighted by molar-refractivity contribution is -0.140. The number of nitrogens with one attached hydrogen (secondary N) is 1. The fourth-order valence-electron chi connectivity index (χ4n) is 1.15. The van der Waals surface area contributed by atoms with Crippen molar-refractivity contribution in [2.24, 2.45) is 0 Å². The van der Waals surface area contributed by atoms with Gasteiger partial charge in [0.2, 0.25) is 0 Å². The third-order valence-electron chi connectivity index (χ3n) is 2.02. The molecule has 0 aliphatic rings. The number of aryl methyl sites for hydroxylation is 1. The van der Waals surface area contributed by atoms with Gasteiger partial charge in [-0.05, 0) is 53.3 Å². The van der Waals surface area contributed by atoms with Crippen molar-refractivity contribution >= 4 is 40.2 Å². The Balaban J connectivity index is 2.95. The second-order valence-electron chi connectivity index (χ2n) is 3.27. The zero-order valence-corrected chi connectivity index (χ0v) is 11.1. The standard InChI is InChI=1S/C11H10INO4/c1-6-4-7(12)2-3-9(6)13-5-8(10(14)15)11(16)17/h2-5,13H,1H3,(H,14,15)(H,16,17). The molecule has 0 aliphatic heterocycles. The summed E-state index contributed by atoms with van der Waals surface area (Å²) in [5.41, 5.74) is 0.872. The van der Waals surface area contributed by atoms with Crippen molar-refractivity contribution in [3.05, 3.63) is 39.1 Å². The van der Waals surface area contributed by atoms with Crippen LogP contribution in [0, 0.1) is 10.5 Å². The van der Waals surface area contributed by atoms with Gasteiger partial charge in [-0.3, -0.25) is 0 Å². The zero-order chi connectivity index (χ0) is 13.0. The van der Waals surface area contributed by atoms with Crippen LogP contribution in [-0.4, -0.2) is 22.2 Å². The van der Waals surface area contributed by atoms with E-state index in [-0.39, 0.29) is 0 Å². The summed E-state index contributed by atoms with van der Waals surface area (Å²) in [7, 11) is 0. The number of carboxylic acid groups (broad SMARTS) is 2. The number of carbonyl (C=O) groups is 2. The molecule has 0 atom stereocenters. The van der Waals surface area contributed by atoms with Crippen LogP contribution in [0.3, 0.4) is 0 Å². The third-order valence-corrected chi connectivity index (χ3v) is 2.69. The maximum Gasteiger partial charge on any atom is 0.344 e. The average molecular weight is 347 g/mol. The SMILES string of the molecule is Cc1cc(I)ccc1NC=C(C(=O)O)C(=O)O. The molecule has 1 aromatic carbocycles. The van der Waals surface area contributed by atoms with Gasteiger partial charge in [0.1, 0.15) is 0 Å². The maximum atomic E-state index is 10.6. The van der Waals surface area contributed by atoms with E-state index in [0.717, 1.165) is 15.3 Å². The molecule has 0 fully saturated rings. The molecule has 5 nitrogen and oxygen atoms in total. The minimum Gasteiger partial charge on any atom is -0.477 e. The summed E-state index contributed by atoms with van der Waals surface area (Å²) in [5, 5.41) is 20.0. The monoisotopic (exact) mass is 347 g/mol. The van der Waals surface area contributed by atoms with Gasteiger partial charge in [0.25, 0.3) is 0 Å². The van der Waals surface area contributed by atoms with E-state index >= 15 is 0 Å². The van der Waals surface area contributed by atoms with Gasteiger partial charge in [0.05, 0.1) is 0 Å². The van der Waals surface area contributed by atoms with Crippen LogP contribution in [0.1, 0.15) is 5.56 Å². The first-order valence-corrected chi connectivity index (χ1v) is 5.69. The summed E-state index contributed by atoms with van der Waals surface area (Å²) in [4.78, 5) is 21.2. The van der Waals surface area contributed by atoms with Crippen LogP contribution >= 0.6 is 22.6 Å². The molecule has 3 N–H and O–H groups in total. The van der Waals surface area contributed by atoms with E-state index in [4.69, 9.17) is 10.2 Å². The molecule has 0 radical (unpaired) electrons. The number of aliphatic carboxylic acids is 2. The van der Waals surface area contributed by atoms with Crippen LogP contribution in [0.25, 0.3) is 0 Å². The van der Waals surface area contributed by atoms with E-state index in [0.29, 0.717) is 5.69 Å². The quantitative estimate of drug-likeness (QED) is 0.336. The third kappa shape index (κ3) is 3.74. The molecule has 6 heteroatoms. The summed E-state index contributed by atoms with van der Waals surface area (Å²) >= 11 is 2.15. The molecule has 0 bridgehead atoms. The molecule has 0 heterocycles. The van der Waals surface area contributed by atoms with E-state index in [2.05, 4.69) is 27.9 Å². The molecule has 0 aromatic heterocycles. The lowest BCUT2D eigenvalue weighted by atomic mass is 10.2. The van der Waals surface area contributed by atoms with E-state index in [9.17, 15) is 9.59 Å². The number of halogens is 1. The highest BCUT2D eigenvalue weighted by Crippen LogP contribution is 2.17. The van der Waals surface area contributed by atoms with Crippen LogP contribution in [-0.2, 0) is 9.59 Å². The molecule has 0 saturated carbocycles. The predicted octanol–water partition coefficient (Wildman–Crippen LogP) is 2.06. The highest BCUT2D eigenvalue weighted by Gasteiger charge is 2.15. The Kier molecular flexibility index (Phi) is 4.50. The second-order valence-corrected chi connectivity index (χ2v) is 4.52. The number of hydrogen-bond acceptors (Lipinski definition) is 3.